The molecule has 2 rings (SSSR count). The van der Waals surface area contributed by atoms with Gasteiger partial charge in [0.05, 0.1) is 25.7 Å². The SMILES string of the molecule is CCOC(=O)C(Cc1ccc(OC)cc1)C(O)c1ccc(F)cc1. The molecular formula is C19H21FO4. The van der Waals surface area contributed by atoms with Crippen LogP contribution in [0.2, 0.25) is 0 Å². The Kier molecular flexibility index (Phi) is 6.32. The minimum absolute atomic E-state index is 0.230. The number of halogens is 1. The normalized spacial score (nSPS) is 13.2. The molecule has 0 aliphatic heterocycles. The van der Waals surface area contributed by atoms with Crippen LogP contribution >= 0.6 is 0 Å². The summed E-state index contributed by atoms with van der Waals surface area (Å²) < 4.78 is 23.3. The van der Waals surface area contributed by atoms with Crippen molar-refractivity contribution in [3.8, 4) is 5.75 Å². The molecule has 0 saturated heterocycles. The van der Waals surface area contributed by atoms with E-state index in [1.165, 1.54) is 24.3 Å². The third-order valence-corrected chi connectivity index (χ3v) is 3.80. The topological polar surface area (TPSA) is 55.8 Å². The maximum Gasteiger partial charge on any atom is 0.312 e. The van der Waals surface area contributed by atoms with Gasteiger partial charge in [0.1, 0.15) is 11.6 Å². The van der Waals surface area contributed by atoms with Crippen LogP contribution < -0.4 is 4.74 Å². The van der Waals surface area contributed by atoms with Gasteiger partial charge in [-0.25, -0.2) is 4.39 Å². The number of carbonyl (C=O) groups excluding carboxylic acids is 1. The number of carbonyl (C=O) groups is 1. The van der Waals surface area contributed by atoms with Crippen molar-refractivity contribution in [1.29, 1.82) is 0 Å². The molecule has 0 aliphatic carbocycles. The maximum atomic E-state index is 13.1. The average Bonchev–Trinajstić information content (AvgIpc) is 2.60. The number of rotatable bonds is 7. The highest BCUT2D eigenvalue weighted by molar-refractivity contribution is 5.74. The zero-order valence-electron chi connectivity index (χ0n) is 13.7. The molecule has 0 radical (unpaired) electrons. The second-order valence-electron chi connectivity index (χ2n) is 5.41. The summed E-state index contributed by atoms with van der Waals surface area (Å²) >= 11 is 0. The van der Waals surface area contributed by atoms with Crippen molar-refractivity contribution >= 4 is 5.97 Å². The van der Waals surface area contributed by atoms with Gasteiger partial charge >= 0.3 is 5.97 Å². The number of hydrogen-bond acceptors (Lipinski definition) is 4. The summed E-state index contributed by atoms with van der Waals surface area (Å²) in [6.07, 6.45) is -0.770. The molecular weight excluding hydrogens is 311 g/mol. The van der Waals surface area contributed by atoms with Crippen LogP contribution in [0.15, 0.2) is 48.5 Å². The first kappa shape index (κ1) is 17.9. The van der Waals surface area contributed by atoms with Gasteiger partial charge in [0, 0.05) is 0 Å². The van der Waals surface area contributed by atoms with Gasteiger partial charge < -0.3 is 14.6 Å². The van der Waals surface area contributed by atoms with E-state index in [2.05, 4.69) is 0 Å². The number of aliphatic hydroxyl groups is 1. The van der Waals surface area contributed by atoms with E-state index in [9.17, 15) is 14.3 Å². The van der Waals surface area contributed by atoms with Gasteiger partial charge in [-0.1, -0.05) is 24.3 Å². The van der Waals surface area contributed by atoms with Gasteiger partial charge in [-0.15, -0.1) is 0 Å². The predicted octanol–water partition coefficient (Wildman–Crippen LogP) is 3.29. The van der Waals surface area contributed by atoms with Crippen LogP contribution in [0.1, 0.15) is 24.2 Å². The molecule has 0 amide bonds. The largest absolute Gasteiger partial charge is 0.497 e. The van der Waals surface area contributed by atoms with E-state index in [1.54, 1.807) is 26.2 Å². The lowest BCUT2D eigenvalue weighted by atomic mass is 9.90. The molecule has 0 saturated carbocycles. The molecule has 1 N–H and O–H groups in total. The van der Waals surface area contributed by atoms with E-state index < -0.39 is 23.8 Å². The Bertz CT molecular complexity index is 652. The van der Waals surface area contributed by atoms with Crippen molar-refractivity contribution in [2.24, 2.45) is 5.92 Å². The Hall–Kier alpha value is -2.40. The van der Waals surface area contributed by atoms with Crippen LogP contribution in [0.5, 0.6) is 5.75 Å². The molecule has 0 heterocycles. The Morgan fingerprint density at radius 3 is 2.29 bits per heavy atom. The molecule has 2 aromatic carbocycles. The van der Waals surface area contributed by atoms with Gasteiger partial charge in [0.25, 0.3) is 0 Å². The van der Waals surface area contributed by atoms with Gasteiger partial charge in [-0.2, -0.15) is 0 Å². The summed E-state index contributed by atoms with van der Waals surface area (Å²) in [5, 5.41) is 10.6. The highest BCUT2D eigenvalue weighted by Crippen LogP contribution is 2.27. The summed E-state index contributed by atoms with van der Waals surface area (Å²) in [5.41, 5.74) is 1.35. The monoisotopic (exact) mass is 332 g/mol. The van der Waals surface area contributed by atoms with Crippen molar-refractivity contribution in [2.75, 3.05) is 13.7 Å². The van der Waals surface area contributed by atoms with E-state index in [0.29, 0.717) is 17.7 Å². The van der Waals surface area contributed by atoms with Gasteiger partial charge in [0.15, 0.2) is 0 Å². The van der Waals surface area contributed by atoms with Crippen molar-refractivity contribution in [1.82, 2.24) is 0 Å². The third kappa shape index (κ3) is 4.55. The lowest BCUT2D eigenvalue weighted by Crippen LogP contribution is -2.26. The van der Waals surface area contributed by atoms with E-state index >= 15 is 0 Å². The number of aliphatic hydroxyl groups excluding tert-OH is 1. The average molecular weight is 332 g/mol. The van der Waals surface area contributed by atoms with E-state index in [4.69, 9.17) is 9.47 Å². The summed E-state index contributed by atoms with van der Waals surface area (Å²) in [5.74, 6) is -0.937. The first-order chi connectivity index (χ1) is 11.5. The van der Waals surface area contributed by atoms with E-state index in [1.807, 2.05) is 12.1 Å². The maximum absolute atomic E-state index is 13.1. The molecule has 128 valence electrons. The van der Waals surface area contributed by atoms with Crippen molar-refractivity contribution in [3.63, 3.8) is 0 Å². The van der Waals surface area contributed by atoms with E-state index in [0.717, 1.165) is 5.56 Å². The van der Waals surface area contributed by atoms with Crippen LogP contribution in [0.4, 0.5) is 4.39 Å². The molecule has 24 heavy (non-hydrogen) atoms. The molecule has 0 aromatic heterocycles. The molecule has 4 nitrogen and oxygen atoms in total. The second-order valence-corrected chi connectivity index (χ2v) is 5.41. The Labute approximate surface area is 140 Å². The summed E-state index contributed by atoms with van der Waals surface area (Å²) in [6.45, 7) is 1.95. The molecule has 2 unspecified atom stereocenters. The van der Waals surface area contributed by atoms with Gasteiger partial charge in [-0.05, 0) is 48.7 Å². The lowest BCUT2D eigenvalue weighted by Gasteiger charge is -2.22. The fourth-order valence-electron chi connectivity index (χ4n) is 2.48. The molecule has 0 fully saturated rings. The van der Waals surface area contributed by atoms with Crippen molar-refractivity contribution in [2.45, 2.75) is 19.4 Å². The standard InChI is InChI=1S/C19H21FO4/c1-3-24-19(22)17(12-13-4-10-16(23-2)11-5-13)18(21)14-6-8-15(20)9-7-14/h4-11,17-18,21H,3,12H2,1-2H3. The molecule has 2 atom stereocenters. The fourth-order valence-corrected chi connectivity index (χ4v) is 2.48. The predicted molar refractivity (Wildman–Crippen MR) is 88.2 cm³/mol. The zero-order valence-corrected chi connectivity index (χ0v) is 13.7. The first-order valence-electron chi connectivity index (χ1n) is 7.78. The number of ether oxygens (including phenoxy) is 2. The Balaban J connectivity index is 2.22. The summed E-state index contributed by atoms with van der Waals surface area (Å²) in [7, 11) is 1.58. The molecule has 0 spiro atoms. The van der Waals surface area contributed by atoms with Crippen LogP contribution in [-0.4, -0.2) is 24.8 Å². The zero-order chi connectivity index (χ0) is 17.5. The van der Waals surface area contributed by atoms with Gasteiger partial charge in [0.2, 0.25) is 0 Å². The van der Waals surface area contributed by atoms with E-state index in [-0.39, 0.29) is 6.61 Å². The van der Waals surface area contributed by atoms with Crippen molar-refractivity contribution < 1.29 is 23.8 Å². The van der Waals surface area contributed by atoms with Crippen LogP contribution in [0.3, 0.4) is 0 Å². The van der Waals surface area contributed by atoms with Crippen LogP contribution in [-0.2, 0) is 16.0 Å². The number of methoxy groups -OCH3 is 1. The van der Waals surface area contributed by atoms with Crippen molar-refractivity contribution in [3.05, 3.63) is 65.5 Å². The number of benzene rings is 2. The highest BCUT2D eigenvalue weighted by Gasteiger charge is 2.29. The van der Waals surface area contributed by atoms with Gasteiger partial charge in [-0.3, -0.25) is 4.79 Å². The third-order valence-electron chi connectivity index (χ3n) is 3.80. The molecule has 0 bridgehead atoms. The minimum Gasteiger partial charge on any atom is -0.497 e. The molecule has 5 heteroatoms. The molecule has 0 aliphatic rings. The number of hydrogen-bond donors (Lipinski definition) is 1. The molecule has 2 aromatic rings. The fraction of sp³-hybridized carbons (Fsp3) is 0.316. The Morgan fingerprint density at radius 2 is 1.75 bits per heavy atom. The first-order valence-corrected chi connectivity index (χ1v) is 7.78. The summed E-state index contributed by atoms with van der Waals surface area (Å²) in [6, 6.07) is 12.7. The highest BCUT2D eigenvalue weighted by atomic mass is 19.1. The lowest BCUT2D eigenvalue weighted by molar-refractivity contribution is -0.152. The number of esters is 1. The second kappa shape index (κ2) is 8.45. The summed E-state index contributed by atoms with van der Waals surface area (Å²) in [4.78, 5) is 12.3. The van der Waals surface area contributed by atoms with Crippen LogP contribution in [0, 0.1) is 11.7 Å². The Morgan fingerprint density at radius 1 is 1.12 bits per heavy atom. The quantitative estimate of drug-likeness (QED) is 0.791. The van der Waals surface area contributed by atoms with Crippen LogP contribution in [0.25, 0.3) is 0 Å². The minimum atomic E-state index is -1.08. The smallest absolute Gasteiger partial charge is 0.312 e.